The highest BCUT2D eigenvalue weighted by Gasteiger charge is 2.56. The standard InChI is InChI=1S/C40H60N4O12Si4/c1-13-33(45)41(34(46)14-2)25-21-29-57(9)53-58(10,30-22-26-42(35(47)15-3)36(48)16-4)55-60(12,32-24-28-44(39(51)19-7)40(52)20-8)56-59(11,54-57)31-23-27-43(37(49)17-5)38(50)18-6/h13-20H,1-8,21-32H2,9-12H3. The van der Waals surface area contributed by atoms with Crippen molar-refractivity contribution < 1.29 is 54.8 Å². The van der Waals surface area contributed by atoms with Crippen LogP contribution in [0.5, 0.6) is 0 Å². The minimum Gasteiger partial charge on any atom is -0.416 e. The first-order chi connectivity index (χ1) is 28.1. The molecule has 0 aliphatic carbocycles. The maximum Gasteiger partial charge on any atom is 0.317 e. The summed E-state index contributed by atoms with van der Waals surface area (Å²) in [6, 6.07) is 1.01. The molecule has 16 nitrogen and oxygen atoms in total. The molecule has 1 heterocycles. The smallest absolute Gasteiger partial charge is 0.317 e. The molecule has 1 saturated heterocycles. The van der Waals surface area contributed by atoms with Crippen LogP contribution in [0.15, 0.2) is 101 Å². The Labute approximate surface area is 358 Å². The molecule has 0 bridgehead atoms. The van der Waals surface area contributed by atoms with Crippen molar-refractivity contribution in [3.8, 4) is 0 Å². The van der Waals surface area contributed by atoms with Gasteiger partial charge in [0.2, 0.25) is 0 Å². The molecular weight excluding hydrogens is 841 g/mol. The van der Waals surface area contributed by atoms with Gasteiger partial charge in [-0.3, -0.25) is 58.0 Å². The van der Waals surface area contributed by atoms with Gasteiger partial charge in [0.15, 0.2) is 0 Å². The van der Waals surface area contributed by atoms with Crippen LogP contribution in [0, 0.1) is 0 Å². The van der Waals surface area contributed by atoms with Gasteiger partial charge in [0.25, 0.3) is 47.3 Å². The Morgan fingerprint density at radius 3 is 0.583 bits per heavy atom. The number of hydrogen-bond donors (Lipinski definition) is 0. The quantitative estimate of drug-likeness (QED) is 0.0952. The average molecular weight is 901 g/mol. The number of carbonyl (C=O) groups is 8. The molecule has 328 valence electrons. The third-order valence-corrected chi connectivity index (χ3v) is 28.2. The van der Waals surface area contributed by atoms with E-state index in [1.807, 2.05) is 26.2 Å². The van der Waals surface area contributed by atoms with Gasteiger partial charge in [0.05, 0.1) is 0 Å². The third-order valence-electron chi connectivity index (χ3n) is 9.30. The van der Waals surface area contributed by atoms with Gasteiger partial charge in [0, 0.05) is 26.2 Å². The van der Waals surface area contributed by atoms with E-state index in [0.29, 0.717) is 0 Å². The molecule has 0 aromatic heterocycles. The fourth-order valence-corrected chi connectivity index (χ4v) is 30.0. The van der Waals surface area contributed by atoms with Crippen LogP contribution in [0.1, 0.15) is 25.7 Å². The zero-order valence-corrected chi connectivity index (χ0v) is 39.4. The fraction of sp³-hybridized carbons (Fsp3) is 0.400. The van der Waals surface area contributed by atoms with E-state index in [2.05, 4.69) is 52.6 Å². The van der Waals surface area contributed by atoms with E-state index in [9.17, 15) is 38.4 Å². The largest absolute Gasteiger partial charge is 0.416 e. The van der Waals surface area contributed by atoms with E-state index in [1.54, 1.807) is 0 Å². The Kier molecular flexibility index (Phi) is 21.7. The van der Waals surface area contributed by atoms with E-state index in [1.165, 1.54) is 0 Å². The second-order valence-corrected chi connectivity index (χ2v) is 28.6. The van der Waals surface area contributed by atoms with Crippen LogP contribution in [-0.2, 0) is 54.8 Å². The van der Waals surface area contributed by atoms with Crippen LogP contribution in [0.2, 0.25) is 50.4 Å². The van der Waals surface area contributed by atoms with E-state index >= 15 is 0 Å². The van der Waals surface area contributed by atoms with Gasteiger partial charge >= 0.3 is 34.2 Å². The van der Waals surface area contributed by atoms with Crippen molar-refractivity contribution >= 4 is 81.5 Å². The lowest BCUT2D eigenvalue weighted by atomic mass is 10.3. The molecule has 60 heavy (non-hydrogen) atoms. The summed E-state index contributed by atoms with van der Waals surface area (Å²) in [4.78, 5) is 105. The molecular formula is C40H60N4O12Si4. The van der Waals surface area contributed by atoms with Crippen molar-refractivity contribution in [2.75, 3.05) is 26.2 Å². The predicted octanol–water partition coefficient (Wildman–Crippen LogP) is 4.82. The zero-order valence-electron chi connectivity index (χ0n) is 35.4. The lowest BCUT2D eigenvalue weighted by Gasteiger charge is -2.50. The SMILES string of the molecule is C=CC(=O)N(CCC[Si]1(C)O[Si](C)(CCCN(C(=O)C=C)C(=O)C=C)O[Si](C)(CCCN(C(=O)C=C)C(=O)C=C)O[Si](C)(CCCN(C(=O)C=C)C(=O)C=C)O1)C(=O)C=C. The first-order valence-corrected chi connectivity index (χ1v) is 29.4. The minimum atomic E-state index is -3.45. The lowest BCUT2D eigenvalue weighted by Crippen LogP contribution is -2.67. The Bertz CT molecular complexity index is 1420. The summed E-state index contributed by atoms with van der Waals surface area (Å²) in [6.45, 7) is 35.2. The van der Waals surface area contributed by atoms with E-state index in [0.717, 1.165) is 68.2 Å². The van der Waals surface area contributed by atoms with Gasteiger partial charge in [-0.15, -0.1) is 0 Å². The first-order valence-electron chi connectivity index (χ1n) is 19.3. The van der Waals surface area contributed by atoms with Crippen molar-refractivity contribution in [2.45, 2.75) is 76.0 Å². The molecule has 20 heteroatoms. The monoisotopic (exact) mass is 900 g/mol. The number of amides is 8. The van der Waals surface area contributed by atoms with Gasteiger partial charge in [-0.05, 0) is 125 Å². The predicted molar refractivity (Wildman–Crippen MR) is 237 cm³/mol. The first kappa shape index (κ1) is 53.2. The Morgan fingerprint density at radius 1 is 0.333 bits per heavy atom. The second kappa shape index (κ2) is 24.4. The maximum absolute atomic E-state index is 12.6. The molecule has 1 aliphatic rings. The van der Waals surface area contributed by atoms with Gasteiger partial charge in [-0.25, -0.2) is 0 Å². The Morgan fingerprint density at radius 2 is 0.467 bits per heavy atom. The summed E-state index contributed by atoms with van der Waals surface area (Å²) >= 11 is 0. The molecule has 0 atom stereocenters. The number of nitrogens with zero attached hydrogens (tertiary/aromatic N) is 4. The highest BCUT2D eigenvalue weighted by atomic mass is 28.5. The molecule has 0 saturated carbocycles. The van der Waals surface area contributed by atoms with Crippen molar-refractivity contribution in [3.05, 3.63) is 101 Å². The van der Waals surface area contributed by atoms with E-state index < -0.39 is 81.5 Å². The third kappa shape index (κ3) is 16.0. The van der Waals surface area contributed by atoms with Crippen molar-refractivity contribution in [1.29, 1.82) is 0 Å². The zero-order chi connectivity index (χ0) is 45.9. The topological polar surface area (TPSA) is 186 Å². The highest BCUT2D eigenvalue weighted by Crippen LogP contribution is 2.39. The van der Waals surface area contributed by atoms with Crippen LogP contribution >= 0.6 is 0 Å². The van der Waals surface area contributed by atoms with Crippen LogP contribution in [0.3, 0.4) is 0 Å². The molecule has 0 N–H and O–H groups in total. The second-order valence-electron chi connectivity index (χ2n) is 14.3. The van der Waals surface area contributed by atoms with Crippen LogP contribution in [0.25, 0.3) is 0 Å². The van der Waals surface area contributed by atoms with Gasteiger partial charge in [-0.1, -0.05) is 52.6 Å². The molecule has 0 aromatic carbocycles. The number of rotatable bonds is 24. The molecule has 0 spiro atoms. The summed E-state index contributed by atoms with van der Waals surface area (Å²) in [7, 11) is -13.8. The van der Waals surface area contributed by atoms with Crippen LogP contribution in [0.4, 0.5) is 0 Å². The molecule has 1 fully saturated rings. The number of hydrogen-bond acceptors (Lipinski definition) is 12. The molecule has 0 aromatic rings. The molecule has 1 rings (SSSR count). The fourth-order valence-electron chi connectivity index (χ4n) is 6.75. The van der Waals surface area contributed by atoms with E-state index in [-0.39, 0.29) is 76.0 Å². The summed E-state index contributed by atoms with van der Waals surface area (Å²) in [5.41, 5.74) is 0. The maximum atomic E-state index is 12.6. The average Bonchev–Trinajstić information content (AvgIpc) is 3.21. The molecule has 8 amide bonds. The van der Waals surface area contributed by atoms with Gasteiger partial charge in [0.1, 0.15) is 0 Å². The Balaban J connectivity index is 3.82. The highest BCUT2D eigenvalue weighted by molar-refractivity contribution is 6.93. The van der Waals surface area contributed by atoms with Crippen LogP contribution in [-0.4, -0.2) is 127 Å². The molecule has 1 aliphatic heterocycles. The summed E-state index contributed by atoms with van der Waals surface area (Å²) in [5, 5.41) is 0. The van der Waals surface area contributed by atoms with Crippen molar-refractivity contribution in [3.63, 3.8) is 0 Å². The van der Waals surface area contributed by atoms with Crippen molar-refractivity contribution in [1.82, 2.24) is 19.6 Å². The number of carbonyl (C=O) groups excluding carboxylic acids is 8. The van der Waals surface area contributed by atoms with Gasteiger partial charge < -0.3 is 16.5 Å². The lowest BCUT2D eigenvalue weighted by molar-refractivity contribution is -0.140. The van der Waals surface area contributed by atoms with E-state index in [4.69, 9.17) is 16.5 Å². The molecule has 0 unspecified atom stereocenters. The number of imide groups is 4. The van der Waals surface area contributed by atoms with Crippen LogP contribution < -0.4 is 0 Å². The van der Waals surface area contributed by atoms with Gasteiger partial charge in [-0.2, -0.15) is 0 Å². The summed E-state index contributed by atoms with van der Waals surface area (Å²) in [6.07, 6.45) is 9.22. The minimum absolute atomic E-state index is 0.0102. The summed E-state index contributed by atoms with van der Waals surface area (Å²) < 4.78 is 28.5. The normalized spacial score (nSPS) is 22.2. The Hall–Kier alpha value is -4.81. The summed E-state index contributed by atoms with van der Waals surface area (Å²) in [5.74, 6) is -4.88. The van der Waals surface area contributed by atoms with Crippen molar-refractivity contribution in [2.24, 2.45) is 0 Å². The molecule has 0 radical (unpaired) electrons.